The maximum Gasteiger partial charge on any atom is 0.453 e. The third kappa shape index (κ3) is 2.69. The molecule has 0 amide bonds. The number of allylic oxidation sites excluding steroid dienone is 2. The summed E-state index contributed by atoms with van der Waals surface area (Å²) < 4.78 is 40.6. The summed E-state index contributed by atoms with van der Waals surface area (Å²) in [6, 6.07) is 8.25. The van der Waals surface area contributed by atoms with E-state index in [-0.39, 0.29) is 17.1 Å². The Kier molecular flexibility index (Phi) is 3.51. The Morgan fingerprint density at radius 2 is 1.88 bits per heavy atom. The third-order valence-electron chi connectivity index (χ3n) is 4.70. The van der Waals surface area contributed by atoms with Crippen molar-refractivity contribution >= 4 is 11.7 Å². The lowest BCUT2D eigenvalue weighted by Crippen LogP contribution is -2.36. The zero-order chi connectivity index (χ0) is 18.7. The van der Waals surface area contributed by atoms with E-state index in [1.54, 1.807) is 24.3 Å². The van der Waals surface area contributed by atoms with Gasteiger partial charge in [-0.25, -0.2) is 4.68 Å². The first-order valence-electron chi connectivity index (χ1n) is 8.28. The van der Waals surface area contributed by atoms with E-state index in [9.17, 15) is 18.0 Å². The average molecular weight is 362 g/mol. The van der Waals surface area contributed by atoms with Crippen LogP contribution < -0.4 is 5.32 Å². The lowest BCUT2D eigenvalue weighted by Gasteiger charge is -2.38. The number of carbonyl (C=O) groups is 1. The van der Waals surface area contributed by atoms with Gasteiger partial charge >= 0.3 is 6.18 Å². The predicted octanol–water partition coefficient (Wildman–Crippen LogP) is 3.96. The normalized spacial score (nSPS) is 21.9. The molecule has 1 aromatic carbocycles. The van der Waals surface area contributed by atoms with Crippen LogP contribution in [0.5, 0.6) is 0 Å². The minimum absolute atomic E-state index is 0.00966. The van der Waals surface area contributed by atoms with E-state index < -0.39 is 18.0 Å². The van der Waals surface area contributed by atoms with Crippen molar-refractivity contribution in [3.63, 3.8) is 0 Å². The van der Waals surface area contributed by atoms with Crippen molar-refractivity contribution in [1.29, 1.82) is 0 Å². The van der Waals surface area contributed by atoms with Gasteiger partial charge in [0.2, 0.25) is 5.95 Å². The van der Waals surface area contributed by atoms with Crippen molar-refractivity contribution in [2.24, 2.45) is 5.41 Å². The molecule has 26 heavy (non-hydrogen) atoms. The monoisotopic (exact) mass is 362 g/mol. The summed E-state index contributed by atoms with van der Waals surface area (Å²) in [6.07, 6.45) is -3.75. The summed E-state index contributed by atoms with van der Waals surface area (Å²) >= 11 is 0. The number of rotatable bonds is 1. The molecule has 0 radical (unpaired) electrons. The van der Waals surface area contributed by atoms with Crippen LogP contribution in [0.25, 0.3) is 0 Å². The summed E-state index contributed by atoms with van der Waals surface area (Å²) in [6.45, 7) is 3.93. The number of carbonyl (C=O) groups excluding carboxylic acids is 1. The second kappa shape index (κ2) is 5.43. The Labute approximate surface area is 147 Å². The number of anilines is 1. The van der Waals surface area contributed by atoms with E-state index in [1.165, 1.54) is 4.68 Å². The molecule has 0 bridgehead atoms. The molecule has 2 aliphatic rings. The molecule has 1 N–H and O–H groups in total. The molecule has 0 saturated heterocycles. The number of Topliss-reactive ketones (excluding diaryl/α,β-unsaturated/α-hetero) is 1. The number of ketones is 1. The highest BCUT2D eigenvalue weighted by atomic mass is 19.4. The molecule has 136 valence electrons. The summed E-state index contributed by atoms with van der Waals surface area (Å²) in [4.78, 5) is 16.5. The second-order valence-electron chi connectivity index (χ2n) is 7.47. The summed E-state index contributed by atoms with van der Waals surface area (Å²) in [5.41, 5.74) is 1.55. The molecule has 1 aromatic heterocycles. The molecule has 1 aliphatic heterocycles. The van der Waals surface area contributed by atoms with Gasteiger partial charge in [-0.05, 0) is 17.4 Å². The number of fused-ring (bicyclic) bond motifs is 1. The number of benzene rings is 1. The van der Waals surface area contributed by atoms with Crippen molar-refractivity contribution in [3.8, 4) is 0 Å². The number of alkyl halides is 3. The molecule has 8 heteroatoms. The van der Waals surface area contributed by atoms with Gasteiger partial charge in [-0.3, -0.25) is 4.79 Å². The second-order valence-corrected chi connectivity index (χ2v) is 7.47. The average Bonchev–Trinajstić information content (AvgIpc) is 2.96. The van der Waals surface area contributed by atoms with Gasteiger partial charge in [0.05, 0.1) is 0 Å². The molecular weight excluding hydrogens is 345 g/mol. The molecule has 1 atom stereocenters. The van der Waals surface area contributed by atoms with E-state index in [2.05, 4.69) is 15.4 Å². The zero-order valence-electron chi connectivity index (χ0n) is 14.3. The topological polar surface area (TPSA) is 59.8 Å². The van der Waals surface area contributed by atoms with Gasteiger partial charge < -0.3 is 5.32 Å². The van der Waals surface area contributed by atoms with Gasteiger partial charge in [-0.2, -0.15) is 18.2 Å². The molecule has 2 aromatic rings. The molecule has 4 rings (SSSR count). The highest BCUT2D eigenvalue weighted by Crippen LogP contribution is 2.45. The van der Waals surface area contributed by atoms with Crippen molar-refractivity contribution in [1.82, 2.24) is 14.8 Å². The molecule has 5 nitrogen and oxygen atoms in total. The first-order valence-corrected chi connectivity index (χ1v) is 8.28. The highest BCUT2D eigenvalue weighted by Gasteiger charge is 2.44. The van der Waals surface area contributed by atoms with Crippen molar-refractivity contribution in [3.05, 3.63) is 53.0 Å². The van der Waals surface area contributed by atoms with E-state index in [4.69, 9.17) is 0 Å². The van der Waals surface area contributed by atoms with Crippen LogP contribution in [0.1, 0.15) is 44.1 Å². The van der Waals surface area contributed by atoms with Crippen molar-refractivity contribution in [2.45, 2.75) is 38.9 Å². The number of hydrogen-bond donors (Lipinski definition) is 1. The fourth-order valence-corrected chi connectivity index (χ4v) is 3.67. The molecule has 2 heterocycles. The largest absolute Gasteiger partial charge is 0.453 e. The zero-order valence-corrected chi connectivity index (χ0v) is 14.3. The van der Waals surface area contributed by atoms with Crippen LogP contribution in [0.3, 0.4) is 0 Å². The number of nitrogens with zero attached hydrogens (tertiary/aromatic N) is 3. The fraction of sp³-hybridized carbons (Fsp3) is 0.389. The van der Waals surface area contributed by atoms with Gasteiger partial charge in [0.25, 0.3) is 5.82 Å². The Hall–Kier alpha value is -2.64. The highest BCUT2D eigenvalue weighted by molar-refractivity contribution is 6.00. The maximum atomic E-state index is 13.1. The van der Waals surface area contributed by atoms with Crippen LogP contribution in [0.15, 0.2) is 41.6 Å². The third-order valence-corrected chi connectivity index (χ3v) is 4.70. The van der Waals surface area contributed by atoms with E-state index in [0.29, 0.717) is 29.7 Å². The first-order chi connectivity index (χ1) is 12.2. The minimum Gasteiger partial charge on any atom is -0.328 e. The number of halogens is 3. The Morgan fingerprint density at radius 3 is 2.54 bits per heavy atom. The quantitative estimate of drug-likeness (QED) is 0.834. The standard InChI is InChI=1S/C18H17F3N4O/c1-17(2)8-11-13(12(26)9-17)14(10-6-4-3-5-7-10)25-16(22-11)23-15(24-25)18(19,20)21/h3-7,14H,8-9H2,1-2H3,(H,22,23,24)/t14-/m1/s1. The SMILES string of the molecule is CC1(C)CC(=O)C2=C(C1)Nc1nc(C(F)(F)F)nn1[C@@H]2c1ccccc1. The van der Waals surface area contributed by atoms with Crippen LogP contribution >= 0.6 is 0 Å². The Balaban J connectivity index is 1.91. The van der Waals surface area contributed by atoms with Crippen LogP contribution in [0.2, 0.25) is 0 Å². The number of aromatic nitrogens is 3. The first kappa shape index (κ1) is 16.8. The summed E-state index contributed by atoms with van der Waals surface area (Å²) in [5, 5.41) is 6.60. The molecule has 1 aliphatic carbocycles. The molecule has 0 unspecified atom stereocenters. The van der Waals surface area contributed by atoms with Crippen molar-refractivity contribution in [2.75, 3.05) is 5.32 Å². The van der Waals surface area contributed by atoms with E-state index in [1.807, 2.05) is 19.9 Å². The molecule has 0 saturated carbocycles. The van der Waals surface area contributed by atoms with Crippen LogP contribution in [0.4, 0.5) is 19.1 Å². The lowest BCUT2D eigenvalue weighted by molar-refractivity contribution is -0.145. The Bertz CT molecular complexity index is 912. The van der Waals surface area contributed by atoms with Crippen LogP contribution in [-0.2, 0) is 11.0 Å². The lowest BCUT2D eigenvalue weighted by atomic mass is 9.73. The van der Waals surface area contributed by atoms with Gasteiger partial charge in [0, 0.05) is 17.7 Å². The van der Waals surface area contributed by atoms with Gasteiger partial charge in [-0.1, -0.05) is 44.2 Å². The Morgan fingerprint density at radius 1 is 1.19 bits per heavy atom. The number of hydrogen-bond acceptors (Lipinski definition) is 4. The van der Waals surface area contributed by atoms with Crippen molar-refractivity contribution < 1.29 is 18.0 Å². The minimum atomic E-state index is -4.66. The van der Waals surface area contributed by atoms with E-state index in [0.717, 1.165) is 0 Å². The number of nitrogens with one attached hydrogen (secondary N) is 1. The van der Waals surface area contributed by atoms with Crippen LogP contribution in [-0.4, -0.2) is 20.5 Å². The fourth-order valence-electron chi connectivity index (χ4n) is 3.67. The van der Waals surface area contributed by atoms with Gasteiger partial charge in [0.1, 0.15) is 6.04 Å². The predicted molar refractivity (Wildman–Crippen MR) is 88.3 cm³/mol. The van der Waals surface area contributed by atoms with E-state index >= 15 is 0 Å². The smallest absolute Gasteiger partial charge is 0.328 e. The summed E-state index contributed by atoms with van der Waals surface area (Å²) in [7, 11) is 0. The van der Waals surface area contributed by atoms with Gasteiger partial charge in [-0.15, -0.1) is 5.10 Å². The maximum absolute atomic E-state index is 13.1. The molecule has 0 fully saturated rings. The molecular formula is C18H17F3N4O. The van der Waals surface area contributed by atoms with Crippen LogP contribution in [0, 0.1) is 5.41 Å². The molecule has 0 spiro atoms. The summed E-state index contributed by atoms with van der Waals surface area (Å²) in [5.74, 6) is -1.28. The van der Waals surface area contributed by atoms with Gasteiger partial charge in [0.15, 0.2) is 5.78 Å².